The first-order valence-electron chi connectivity index (χ1n) is 8.19. The zero-order chi connectivity index (χ0) is 20.8. The molecule has 7 nitrogen and oxygen atoms in total. The summed E-state index contributed by atoms with van der Waals surface area (Å²) < 4.78 is 54.7. The minimum absolute atomic E-state index is 0.0270. The van der Waals surface area contributed by atoms with Gasteiger partial charge in [0.25, 0.3) is 18.1 Å². The van der Waals surface area contributed by atoms with Crippen molar-refractivity contribution in [1.29, 1.82) is 0 Å². The summed E-state index contributed by atoms with van der Waals surface area (Å²) in [5.74, 6) is 0.457. The smallest absolute Gasteiger partial charge is 0.261 e. The first kappa shape index (κ1) is 22.8. The van der Waals surface area contributed by atoms with E-state index in [0.29, 0.717) is 18.0 Å². The fourth-order valence-electron chi connectivity index (χ4n) is 2.32. The van der Waals surface area contributed by atoms with Crippen LogP contribution in [-0.2, 0) is 22.8 Å². The molecule has 1 aliphatic rings. The number of ether oxygens (including phenoxy) is 2. The minimum Gasteiger partial charge on any atom is -0.465 e. The Morgan fingerprint density at radius 1 is 0.929 bits per heavy atom. The van der Waals surface area contributed by atoms with Gasteiger partial charge in [0.1, 0.15) is 5.75 Å². The zero-order valence-electron chi connectivity index (χ0n) is 14.6. The van der Waals surface area contributed by atoms with Crippen molar-refractivity contribution in [3.05, 3.63) is 48.5 Å². The molecule has 3 rings (SSSR count). The van der Waals surface area contributed by atoms with Crippen LogP contribution in [0, 0.1) is 0 Å². The lowest BCUT2D eigenvalue weighted by Crippen LogP contribution is -2.24. The van der Waals surface area contributed by atoms with Gasteiger partial charge in [0.2, 0.25) is 0 Å². The number of rotatable bonds is 4. The summed E-state index contributed by atoms with van der Waals surface area (Å²) in [6.45, 7) is 0.679. The van der Waals surface area contributed by atoms with Crippen LogP contribution in [-0.4, -0.2) is 29.7 Å². The summed E-state index contributed by atoms with van der Waals surface area (Å²) in [6, 6.07) is 11.9. The molecule has 2 aromatic rings. The van der Waals surface area contributed by atoms with E-state index in [1.54, 1.807) is 18.2 Å². The molecule has 28 heavy (non-hydrogen) atoms. The number of nitrogens with two attached hydrogens (primary N) is 1. The normalized spacial score (nSPS) is 17.3. The summed E-state index contributed by atoms with van der Waals surface area (Å²) >= 11 is 0. The highest BCUT2D eigenvalue weighted by molar-refractivity contribution is 8.14. The van der Waals surface area contributed by atoms with Crippen molar-refractivity contribution < 1.29 is 26.3 Å². The van der Waals surface area contributed by atoms with Crippen LogP contribution in [0.2, 0.25) is 0 Å². The molecule has 0 saturated carbocycles. The van der Waals surface area contributed by atoms with E-state index >= 15 is 0 Å². The predicted octanol–water partition coefficient (Wildman–Crippen LogP) is 3.72. The van der Waals surface area contributed by atoms with E-state index in [4.69, 9.17) is 36.6 Å². The van der Waals surface area contributed by atoms with Crippen molar-refractivity contribution >= 4 is 45.2 Å². The van der Waals surface area contributed by atoms with Gasteiger partial charge in [0.05, 0.1) is 16.4 Å². The summed E-state index contributed by atoms with van der Waals surface area (Å²) in [5, 5.41) is 0. The zero-order valence-corrected chi connectivity index (χ0v) is 17.8. The van der Waals surface area contributed by atoms with Crippen LogP contribution in [0.5, 0.6) is 5.75 Å². The van der Waals surface area contributed by atoms with E-state index < -0.39 is 18.1 Å². The number of benzene rings is 2. The van der Waals surface area contributed by atoms with Crippen molar-refractivity contribution in [2.24, 2.45) is 0 Å². The number of hydrogen-bond acceptors (Lipinski definition) is 7. The van der Waals surface area contributed by atoms with E-state index in [1.165, 1.54) is 30.3 Å². The van der Waals surface area contributed by atoms with Gasteiger partial charge in [0, 0.05) is 39.5 Å². The quantitative estimate of drug-likeness (QED) is 0.538. The first-order chi connectivity index (χ1) is 13.1. The Balaban J connectivity index is 0.000000221. The summed E-state index contributed by atoms with van der Waals surface area (Å²) in [4.78, 5) is 0.0617. The SMILES string of the molecule is Nc1cccc(S(=O)(=O)Cl)c1.O=S(=O)(Cl)c1cccc(OC2CCCCO2)c1. The van der Waals surface area contributed by atoms with Crippen molar-refractivity contribution in [3.63, 3.8) is 0 Å². The molecular weight excluding hydrogens is 449 g/mol. The Labute approximate surface area is 173 Å². The third kappa shape index (κ3) is 7.48. The Hall–Kier alpha value is -1.52. The van der Waals surface area contributed by atoms with E-state index in [-0.39, 0.29) is 16.1 Å². The first-order valence-corrected chi connectivity index (χ1v) is 12.8. The average Bonchev–Trinajstić information content (AvgIpc) is 2.62. The van der Waals surface area contributed by atoms with Gasteiger partial charge >= 0.3 is 0 Å². The standard InChI is InChI=1S/C11H13ClO4S.C6H6ClNO2S/c12-17(13,14)10-5-3-4-9(8-10)16-11-6-1-2-7-15-11;7-11(9,10)6-3-1-2-5(8)4-6/h3-5,8,11H,1-2,6-7H2;1-4H,8H2. The van der Waals surface area contributed by atoms with Gasteiger partial charge < -0.3 is 15.2 Å². The summed E-state index contributed by atoms with van der Waals surface area (Å²) in [6.07, 6.45) is 2.61. The molecule has 1 unspecified atom stereocenters. The minimum atomic E-state index is -3.71. The third-order valence-corrected chi connectivity index (χ3v) is 6.34. The molecule has 0 spiro atoms. The number of hydrogen-bond donors (Lipinski definition) is 1. The Bertz CT molecular complexity index is 1010. The molecule has 1 heterocycles. The largest absolute Gasteiger partial charge is 0.465 e. The highest BCUT2D eigenvalue weighted by Gasteiger charge is 2.17. The van der Waals surface area contributed by atoms with Crippen molar-refractivity contribution in [2.75, 3.05) is 12.3 Å². The van der Waals surface area contributed by atoms with Crippen LogP contribution >= 0.6 is 21.4 Å². The molecule has 1 aliphatic heterocycles. The van der Waals surface area contributed by atoms with Crippen LogP contribution in [0.3, 0.4) is 0 Å². The lowest BCUT2D eigenvalue weighted by Gasteiger charge is -2.23. The summed E-state index contributed by atoms with van der Waals surface area (Å²) in [5.41, 5.74) is 5.71. The molecule has 2 N–H and O–H groups in total. The maximum Gasteiger partial charge on any atom is 0.261 e. The second-order valence-electron chi connectivity index (χ2n) is 5.84. The Morgan fingerprint density at radius 3 is 2.04 bits per heavy atom. The Kier molecular flexibility index (Phi) is 7.97. The van der Waals surface area contributed by atoms with Gasteiger partial charge in [-0.3, -0.25) is 0 Å². The number of anilines is 1. The van der Waals surface area contributed by atoms with Crippen LogP contribution < -0.4 is 10.5 Å². The van der Waals surface area contributed by atoms with Crippen molar-refractivity contribution in [1.82, 2.24) is 0 Å². The van der Waals surface area contributed by atoms with Crippen molar-refractivity contribution in [3.8, 4) is 5.75 Å². The van der Waals surface area contributed by atoms with Gasteiger partial charge in [-0.25, -0.2) is 16.8 Å². The molecule has 0 amide bonds. The van der Waals surface area contributed by atoms with Gasteiger partial charge in [0.15, 0.2) is 6.29 Å². The van der Waals surface area contributed by atoms with Gasteiger partial charge in [-0.1, -0.05) is 12.1 Å². The molecule has 2 aromatic carbocycles. The molecule has 154 valence electrons. The number of halogens is 2. The molecule has 1 fully saturated rings. The number of nitrogen functional groups attached to an aromatic ring is 1. The van der Waals surface area contributed by atoms with E-state index in [9.17, 15) is 16.8 Å². The summed E-state index contributed by atoms with van der Waals surface area (Å²) in [7, 11) is 2.96. The lowest BCUT2D eigenvalue weighted by molar-refractivity contribution is -0.106. The van der Waals surface area contributed by atoms with Crippen LogP contribution in [0.4, 0.5) is 5.69 Å². The van der Waals surface area contributed by atoms with E-state index in [0.717, 1.165) is 19.3 Å². The molecule has 0 aromatic heterocycles. The third-order valence-electron chi connectivity index (χ3n) is 3.63. The van der Waals surface area contributed by atoms with E-state index in [1.807, 2.05) is 0 Å². The second kappa shape index (κ2) is 9.80. The highest BCUT2D eigenvalue weighted by atomic mass is 35.7. The highest BCUT2D eigenvalue weighted by Crippen LogP contribution is 2.23. The average molecular weight is 468 g/mol. The molecular formula is C17H19Cl2NO6S2. The van der Waals surface area contributed by atoms with Gasteiger partial charge in [-0.15, -0.1) is 0 Å². The molecule has 1 atom stereocenters. The molecule has 0 aliphatic carbocycles. The Morgan fingerprint density at radius 2 is 1.54 bits per heavy atom. The topological polar surface area (TPSA) is 113 Å². The molecule has 0 radical (unpaired) electrons. The molecule has 0 bridgehead atoms. The van der Waals surface area contributed by atoms with Gasteiger partial charge in [-0.2, -0.15) is 0 Å². The second-order valence-corrected chi connectivity index (χ2v) is 11.0. The van der Waals surface area contributed by atoms with Crippen molar-refractivity contribution in [2.45, 2.75) is 35.3 Å². The predicted molar refractivity (Wildman–Crippen MR) is 108 cm³/mol. The maximum absolute atomic E-state index is 11.2. The fourth-order valence-corrected chi connectivity index (χ4v) is 3.91. The van der Waals surface area contributed by atoms with Crippen LogP contribution in [0.25, 0.3) is 0 Å². The van der Waals surface area contributed by atoms with Gasteiger partial charge in [-0.05, 0) is 43.2 Å². The van der Waals surface area contributed by atoms with E-state index in [2.05, 4.69) is 0 Å². The molecule has 1 saturated heterocycles. The lowest BCUT2D eigenvalue weighted by atomic mass is 10.2. The van der Waals surface area contributed by atoms with Crippen LogP contribution in [0.15, 0.2) is 58.3 Å². The maximum atomic E-state index is 11.2. The molecule has 11 heteroatoms. The fraction of sp³-hybridized carbons (Fsp3) is 0.294. The van der Waals surface area contributed by atoms with Crippen LogP contribution in [0.1, 0.15) is 19.3 Å². The monoisotopic (exact) mass is 467 g/mol.